The minimum atomic E-state index is 0.803. The van der Waals surface area contributed by atoms with Gasteiger partial charge < -0.3 is 0 Å². The molecular weight excluding hydrogens is 132 g/mol. The van der Waals surface area contributed by atoms with Crippen molar-refractivity contribution in [2.75, 3.05) is 0 Å². The van der Waals surface area contributed by atoms with Gasteiger partial charge in [0.1, 0.15) is 13.1 Å². The topological polar surface area (TPSA) is 27.7 Å². The smallest absolute Gasteiger partial charge is 0.194 e. The highest BCUT2D eigenvalue weighted by molar-refractivity contribution is 7.10. The lowest BCUT2D eigenvalue weighted by Gasteiger charge is -1.78. The number of rotatable bonds is 0. The van der Waals surface area contributed by atoms with Crippen molar-refractivity contribution in [2.45, 2.75) is 6.92 Å². The average Bonchev–Trinajstić information content (AvgIpc) is 2.15. The van der Waals surface area contributed by atoms with Crippen LogP contribution < -0.4 is 4.57 Å². The molecule has 0 aliphatic rings. The van der Waals surface area contributed by atoms with Gasteiger partial charge in [0.25, 0.3) is 0 Å². The van der Waals surface area contributed by atoms with Gasteiger partial charge >= 0.3 is 0 Å². The Morgan fingerprint density at radius 1 is 1.78 bits per heavy atom. The van der Waals surface area contributed by atoms with E-state index in [1.165, 1.54) is 11.3 Å². The number of thiazole rings is 1. The molecule has 0 aliphatic carbocycles. The summed E-state index contributed by atoms with van der Waals surface area (Å²) in [7, 11) is 1.94. The van der Waals surface area contributed by atoms with Crippen LogP contribution in [0, 0.1) is 18.3 Å². The van der Waals surface area contributed by atoms with Crippen LogP contribution in [0.3, 0.4) is 0 Å². The van der Waals surface area contributed by atoms with Gasteiger partial charge in [0.15, 0.2) is 4.88 Å². The van der Waals surface area contributed by atoms with Crippen LogP contribution in [0.1, 0.15) is 10.6 Å². The molecule has 0 bridgehead atoms. The third-order valence-electron chi connectivity index (χ3n) is 1.29. The Kier molecular flexibility index (Phi) is 1.50. The second-order valence-electron chi connectivity index (χ2n) is 1.86. The van der Waals surface area contributed by atoms with E-state index in [-0.39, 0.29) is 0 Å². The van der Waals surface area contributed by atoms with E-state index >= 15 is 0 Å². The highest BCUT2D eigenvalue weighted by Crippen LogP contribution is 2.06. The first kappa shape index (κ1) is 6.24. The number of hydrogen-bond acceptors (Lipinski definition) is 2. The summed E-state index contributed by atoms with van der Waals surface area (Å²) >= 11 is 1.48. The highest BCUT2D eigenvalue weighted by Gasteiger charge is 2.08. The molecule has 0 amide bonds. The quantitative estimate of drug-likeness (QED) is 0.487. The Morgan fingerprint density at radius 2 is 2.44 bits per heavy atom. The highest BCUT2D eigenvalue weighted by atomic mass is 32.1. The first-order valence-corrected chi connectivity index (χ1v) is 3.47. The molecule has 1 aromatic heterocycles. The summed E-state index contributed by atoms with van der Waals surface area (Å²) in [6.07, 6.45) is 0. The van der Waals surface area contributed by atoms with Crippen molar-refractivity contribution in [2.24, 2.45) is 7.05 Å². The number of hydrogen-bond donors (Lipinski definition) is 0. The molecule has 0 spiro atoms. The third kappa shape index (κ3) is 0.936. The van der Waals surface area contributed by atoms with Crippen LogP contribution >= 0.6 is 11.3 Å². The number of aryl methyl sites for hydroxylation is 1. The lowest BCUT2D eigenvalue weighted by atomic mass is 10.4. The fraction of sp³-hybridized carbons (Fsp3) is 0.333. The largest absolute Gasteiger partial charge is 0.225 e. The Hall–Kier alpha value is -0.880. The molecule has 0 fully saturated rings. The van der Waals surface area contributed by atoms with Gasteiger partial charge in [0.05, 0.1) is 0 Å². The van der Waals surface area contributed by atoms with Crippen LogP contribution in [0.4, 0.5) is 0 Å². The lowest BCUT2D eigenvalue weighted by molar-refractivity contribution is -0.672. The monoisotopic (exact) mass is 139 g/mol. The lowest BCUT2D eigenvalue weighted by Crippen LogP contribution is -2.27. The maximum atomic E-state index is 8.48. The van der Waals surface area contributed by atoms with E-state index in [1.807, 2.05) is 24.0 Å². The summed E-state index contributed by atoms with van der Waals surface area (Å²) in [6, 6.07) is 2.11. The summed E-state index contributed by atoms with van der Waals surface area (Å²) in [6.45, 7) is 1.94. The number of nitriles is 1. The van der Waals surface area contributed by atoms with E-state index in [1.54, 1.807) is 0 Å². The molecule has 0 N–H and O–H groups in total. The van der Waals surface area contributed by atoms with Crippen LogP contribution in [0.2, 0.25) is 0 Å². The fourth-order valence-corrected chi connectivity index (χ4v) is 1.35. The third-order valence-corrected chi connectivity index (χ3v) is 2.33. The van der Waals surface area contributed by atoms with Crippen LogP contribution in [-0.4, -0.2) is 0 Å². The fourth-order valence-electron chi connectivity index (χ4n) is 0.564. The van der Waals surface area contributed by atoms with Crippen molar-refractivity contribution in [3.63, 3.8) is 0 Å². The summed E-state index contributed by atoms with van der Waals surface area (Å²) in [5.74, 6) is 0. The standard InChI is InChI=1S/C6H7N2S/c1-5-6(3-7)9-4-8(5)2/h4H,1-2H3/q+1. The molecule has 3 heteroatoms. The van der Waals surface area contributed by atoms with Crippen LogP contribution in [0.5, 0.6) is 0 Å². The van der Waals surface area contributed by atoms with E-state index in [0.717, 1.165) is 10.6 Å². The zero-order valence-corrected chi connectivity index (χ0v) is 6.20. The van der Waals surface area contributed by atoms with Crippen molar-refractivity contribution in [1.82, 2.24) is 0 Å². The summed E-state index contributed by atoms with van der Waals surface area (Å²) in [4.78, 5) is 0.803. The first-order chi connectivity index (χ1) is 4.25. The predicted molar refractivity (Wildman–Crippen MR) is 34.9 cm³/mol. The van der Waals surface area contributed by atoms with Gasteiger partial charge in [-0.05, 0) is 0 Å². The van der Waals surface area contributed by atoms with Gasteiger partial charge in [0.2, 0.25) is 11.2 Å². The average molecular weight is 139 g/mol. The molecule has 0 radical (unpaired) electrons. The molecule has 0 saturated carbocycles. The molecule has 1 rings (SSSR count). The molecule has 0 atom stereocenters. The SMILES string of the molecule is Cc1c(C#N)sc[n+]1C. The molecule has 0 aromatic carbocycles. The van der Waals surface area contributed by atoms with E-state index in [0.29, 0.717) is 0 Å². The maximum absolute atomic E-state index is 8.48. The van der Waals surface area contributed by atoms with Crippen molar-refractivity contribution >= 4 is 11.3 Å². The van der Waals surface area contributed by atoms with Crippen molar-refractivity contribution in [1.29, 1.82) is 5.26 Å². The van der Waals surface area contributed by atoms with Crippen molar-refractivity contribution in [3.05, 3.63) is 16.1 Å². The normalized spacial score (nSPS) is 9.00. The number of nitrogens with zero attached hydrogens (tertiary/aromatic N) is 2. The Balaban J connectivity index is 3.24. The molecule has 0 saturated heterocycles. The Bertz CT molecular complexity index is 257. The molecule has 9 heavy (non-hydrogen) atoms. The first-order valence-electron chi connectivity index (χ1n) is 2.59. The van der Waals surface area contributed by atoms with Gasteiger partial charge in [-0.2, -0.15) is 9.83 Å². The summed E-state index contributed by atoms with van der Waals surface area (Å²) in [5.41, 5.74) is 2.97. The van der Waals surface area contributed by atoms with E-state index in [4.69, 9.17) is 5.26 Å². The van der Waals surface area contributed by atoms with Crippen LogP contribution in [-0.2, 0) is 7.05 Å². The molecule has 0 unspecified atom stereocenters. The van der Waals surface area contributed by atoms with E-state index in [2.05, 4.69) is 6.07 Å². The van der Waals surface area contributed by atoms with Crippen LogP contribution in [0.25, 0.3) is 0 Å². The van der Waals surface area contributed by atoms with Crippen molar-refractivity contribution in [3.8, 4) is 6.07 Å². The molecular formula is C6H7N2S+. The van der Waals surface area contributed by atoms with Crippen molar-refractivity contribution < 1.29 is 4.57 Å². The van der Waals surface area contributed by atoms with Crippen LogP contribution in [0.15, 0.2) is 5.51 Å². The van der Waals surface area contributed by atoms with E-state index < -0.39 is 0 Å². The zero-order chi connectivity index (χ0) is 6.85. The second-order valence-corrected chi connectivity index (χ2v) is 2.72. The van der Waals surface area contributed by atoms with Gasteiger partial charge in [-0.3, -0.25) is 0 Å². The minimum absolute atomic E-state index is 0.803. The predicted octanol–water partition coefficient (Wildman–Crippen LogP) is 0.753. The van der Waals surface area contributed by atoms with E-state index in [9.17, 15) is 0 Å². The molecule has 1 aromatic rings. The number of aromatic nitrogens is 1. The van der Waals surface area contributed by atoms with Gasteiger partial charge in [-0.15, -0.1) is 0 Å². The molecule has 2 nitrogen and oxygen atoms in total. The second kappa shape index (κ2) is 2.16. The Labute approximate surface area is 58.0 Å². The Morgan fingerprint density at radius 3 is 2.67 bits per heavy atom. The zero-order valence-electron chi connectivity index (χ0n) is 5.38. The molecule has 46 valence electrons. The molecule has 1 heterocycles. The van der Waals surface area contributed by atoms with Gasteiger partial charge in [0, 0.05) is 6.92 Å². The summed E-state index contributed by atoms with van der Waals surface area (Å²) < 4.78 is 1.95. The minimum Gasteiger partial charge on any atom is -0.194 e. The summed E-state index contributed by atoms with van der Waals surface area (Å²) in [5, 5.41) is 8.48. The molecule has 0 aliphatic heterocycles. The maximum Gasteiger partial charge on any atom is 0.225 e. The van der Waals surface area contributed by atoms with Gasteiger partial charge in [-0.1, -0.05) is 11.3 Å². The van der Waals surface area contributed by atoms with Gasteiger partial charge in [-0.25, -0.2) is 0 Å².